The summed E-state index contributed by atoms with van der Waals surface area (Å²) in [6.07, 6.45) is 0. The highest BCUT2D eigenvalue weighted by Crippen LogP contribution is 2.20. The van der Waals surface area contributed by atoms with Gasteiger partial charge >= 0.3 is 19.8 Å². The van der Waals surface area contributed by atoms with Crippen LogP contribution in [0.1, 0.15) is 10.4 Å². The second kappa shape index (κ2) is 3.61. The molecule has 0 spiro atoms. The Hall–Kier alpha value is -0.980. The molecule has 0 heterocycles. The average Bonchev–Trinajstić information content (AvgIpc) is 2.04. The zero-order valence-electron chi connectivity index (χ0n) is 5.82. The molecule has 0 radical (unpaired) electrons. The molecule has 0 fully saturated rings. The number of carboxylic acids is 1. The third-order valence-electron chi connectivity index (χ3n) is 1.26. The van der Waals surface area contributed by atoms with E-state index < -0.39 is 25.8 Å². The third kappa shape index (κ3) is 1.79. The van der Waals surface area contributed by atoms with E-state index in [-0.39, 0.29) is 9.13 Å². The van der Waals surface area contributed by atoms with Gasteiger partial charge in [-0.1, -0.05) is 18.2 Å². The zero-order chi connectivity index (χ0) is 9.14. The molecule has 1 aromatic carbocycles. The molecule has 0 aliphatic carbocycles. The number of hydrogen-bond acceptors (Lipinski definition) is 4. The minimum absolute atomic E-state index is 0.123. The minimum Gasteiger partial charge on any atom is -0.545 e. The topological polar surface area (TPSA) is 74.3 Å². The Morgan fingerprint density at radius 2 is 1.83 bits per heavy atom. The molecule has 0 aromatic heterocycles. The van der Waals surface area contributed by atoms with Gasteiger partial charge in [0.25, 0.3) is 0 Å². The Bertz CT molecular complexity index is 373. The van der Waals surface area contributed by atoms with E-state index in [1.807, 2.05) is 0 Å². The maximum absolute atomic E-state index is 10.6. The molecule has 0 bridgehead atoms. The van der Waals surface area contributed by atoms with Crippen LogP contribution in [0, 0.1) is 3.57 Å². The van der Waals surface area contributed by atoms with Gasteiger partial charge in [0.2, 0.25) is 0 Å². The first-order chi connectivity index (χ1) is 5.63. The van der Waals surface area contributed by atoms with Crippen molar-refractivity contribution in [1.29, 1.82) is 0 Å². The van der Waals surface area contributed by atoms with Crippen molar-refractivity contribution in [3.8, 4) is 0 Å². The lowest BCUT2D eigenvalue weighted by Gasteiger charge is -2.02. The van der Waals surface area contributed by atoms with Crippen LogP contribution < -0.4 is 5.11 Å². The van der Waals surface area contributed by atoms with Crippen LogP contribution in [0.25, 0.3) is 0 Å². The van der Waals surface area contributed by atoms with Crippen LogP contribution >= 0.6 is 19.8 Å². The van der Waals surface area contributed by atoms with Crippen molar-refractivity contribution >= 4 is 25.8 Å². The lowest BCUT2D eigenvalue weighted by molar-refractivity contribution is -0.255. The van der Waals surface area contributed by atoms with Gasteiger partial charge in [0.05, 0.1) is 9.54 Å². The number of carboxylic acid groups (broad SMARTS) is 1. The van der Waals surface area contributed by atoms with Crippen LogP contribution in [-0.4, -0.2) is 5.97 Å². The summed E-state index contributed by atoms with van der Waals surface area (Å²) < 4.78 is 21.0. The Morgan fingerprint density at radius 1 is 1.25 bits per heavy atom. The molecule has 0 N–H and O–H groups in total. The van der Waals surface area contributed by atoms with Crippen molar-refractivity contribution in [2.75, 3.05) is 0 Å². The predicted octanol–water partition coefficient (Wildman–Crippen LogP) is 0.417. The number of aromatic carboxylic acids is 1. The summed E-state index contributed by atoms with van der Waals surface area (Å²) in [4.78, 5) is 10.4. The lowest BCUT2D eigenvalue weighted by Crippen LogP contribution is -2.23. The van der Waals surface area contributed by atoms with Gasteiger partial charge in [0.15, 0.2) is 0 Å². The highest BCUT2D eigenvalue weighted by Gasteiger charge is 2.05. The van der Waals surface area contributed by atoms with Crippen LogP contribution in [0.2, 0.25) is 0 Å². The molecule has 5 heteroatoms. The van der Waals surface area contributed by atoms with Gasteiger partial charge in [-0.15, -0.1) is 0 Å². The number of halogens is 1. The Labute approximate surface area is 75.4 Å². The summed E-state index contributed by atoms with van der Waals surface area (Å²) in [6, 6.07) is 5.40. The molecule has 4 nitrogen and oxygen atoms in total. The number of benzene rings is 1. The molecule has 1 rings (SSSR count). The normalized spacial score (nSPS) is 10.1. The van der Waals surface area contributed by atoms with E-state index >= 15 is 0 Å². The van der Waals surface area contributed by atoms with Crippen LogP contribution in [0.5, 0.6) is 0 Å². The maximum Gasteiger partial charge on any atom is 0.341 e. The van der Waals surface area contributed by atoms with Gasteiger partial charge < -0.3 is 9.90 Å². The number of carbonyl (C=O) groups is 1. The van der Waals surface area contributed by atoms with E-state index in [2.05, 4.69) is 0 Å². The van der Waals surface area contributed by atoms with Crippen LogP contribution in [0.4, 0.5) is 0 Å². The summed E-state index contributed by atoms with van der Waals surface area (Å²) in [5.74, 6) is -1.46. The van der Waals surface area contributed by atoms with E-state index in [1.165, 1.54) is 24.3 Å². The average molecular weight is 279 g/mol. The number of rotatable bonds is 2. The Morgan fingerprint density at radius 3 is 2.25 bits per heavy atom. The molecule has 0 saturated carbocycles. The first-order valence-electron chi connectivity index (χ1n) is 2.98. The van der Waals surface area contributed by atoms with E-state index in [9.17, 15) is 16.0 Å². The lowest BCUT2D eigenvalue weighted by atomic mass is 10.2. The van der Waals surface area contributed by atoms with Gasteiger partial charge in [-0.25, -0.2) is 6.14 Å². The highest BCUT2D eigenvalue weighted by atomic mass is 127. The monoisotopic (exact) mass is 279 g/mol. The van der Waals surface area contributed by atoms with Crippen molar-refractivity contribution in [3.05, 3.63) is 33.4 Å². The molecular formula is C7H4IO4-. The Kier molecular flexibility index (Phi) is 2.74. The molecule has 0 aliphatic heterocycles. The first-order valence-corrected chi connectivity index (χ1v) is 5.82. The number of carbonyl (C=O) groups excluding carboxylic acids is 1. The third-order valence-corrected chi connectivity index (χ3v) is 3.15. The summed E-state index contributed by atoms with van der Waals surface area (Å²) in [7, 11) is 0. The standard InChI is InChI=1S/C7H5IO4/c9-7(10)5-3-1-2-4-6(5)8(11)12/h1-4H,(H,9,10)/p-1. The van der Waals surface area contributed by atoms with Crippen molar-refractivity contribution in [2.24, 2.45) is 0 Å². The van der Waals surface area contributed by atoms with Gasteiger partial charge in [0.1, 0.15) is 0 Å². The molecule has 0 saturated heterocycles. The van der Waals surface area contributed by atoms with Gasteiger partial charge in [-0.05, 0) is 6.07 Å². The van der Waals surface area contributed by atoms with Crippen LogP contribution in [0.15, 0.2) is 24.3 Å². The van der Waals surface area contributed by atoms with E-state index in [0.717, 1.165) is 0 Å². The van der Waals surface area contributed by atoms with Gasteiger partial charge in [-0.3, -0.25) is 0 Å². The second-order valence-corrected chi connectivity index (χ2v) is 4.39. The van der Waals surface area contributed by atoms with Crippen molar-refractivity contribution in [2.45, 2.75) is 0 Å². The predicted molar refractivity (Wildman–Crippen MR) is 44.9 cm³/mol. The van der Waals surface area contributed by atoms with E-state index in [0.29, 0.717) is 0 Å². The fourth-order valence-electron chi connectivity index (χ4n) is 0.761. The molecule has 12 heavy (non-hydrogen) atoms. The molecule has 1 aromatic rings. The molecule has 0 atom stereocenters. The van der Waals surface area contributed by atoms with Crippen molar-refractivity contribution in [3.63, 3.8) is 0 Å². The van der Waals surface area contributed by atoms with Crippen LogP contribution in [-0.2, 0) is 6.14 Å². The molecule has 0 amide bonds. The highest BCUT2D eigenvalue weighted by molar-refractivity contribution is 14.2. The summed E-state index contributed by atoms with van der Waals surface area (Å²) in [6.45, 7) is 0. The van der Waals surface area contributed by atoms with Gasteiger partial charge in [0, 0.05) is 5.56 Å². The molecule has 64 valence electrons. The molecule has 0 unspecified atom stereocenters. The summed E-state index contributed by atoms with van der Waals surface area (Å²) in [5, 5.41) is 10.4. The van der Waals surface area contributed by atoms with Gasteiger partial charge in [-0.2, -0.15) is 0 Å². The van der Waals surface area contributed by atoms with E-state index in [1.54, 1.807) is 0 Å². The quantitative estimate of drug-likeness (QED) is 0.735. The van der Waals surface area contributed by atoms with Crippen LogP contribution in [0.3, 0.4) is 0 Å². The molecule has 0 aliphatic rings. The van der Waals surface area contributed by atoms with Crippen molar-refractivity contribution < 1.29 is 16.0 Å². The minimum atomic E-state index is -3.71. The first kappa shape index (κ1) is 9.11. The SMILES string of the molecule is O=C([O-])c1ccccc1I(=O)=O. The van der Waals surface area contributed by atoms with Crippen molar-refractivity contribution in [1.82, 2.24) is 0 Å². The Balaban J connectivity index is 3.36. The largest absolute Gasteiger partial charge is 0.545 e. The summed E-state index contributed by atoms with van der Waals surface area (Å²) in [5.41, 5.74) is -0.257. The van der Waals surface area contributed by atoms with E-state index in [4.69, 9.17) is 0 Å². The fraction of sp³-hybridized carbons (Fsp3) is 0. The molecular weight excluding hydrogens is 275 g/mol. The fourth-order valence-corrected chi connectivity index (χ4v) is 2.14. The number of hydrogen-bond donors (Lipinski definition) is 0. The smallest absolute Gasteiger partial charge is 0.341 e. The summed E-state index contributed by atoms with van der Waals surface area (Å²) >= 11 is -3.71. The maximum atomic E-state index is 10.6. The zero-order valence-corrected chi connectivity index (χ0v) is 7.98. The second-order valence-electron chi connectivity index (χ2n) is 1.98.